The van der Waals surface area contributed by atoms with Crippen LogP contribution in [0.4, 0.5) is 0 Å². The standard InChI is InChI=1S/C20H24ClNO2/c1-14-6-5-7-18(15(14)2)20(23)24-19(12-13-22(3)4)16-8-10-17(21)11-9-16/h5-11,19H,12-13H2,1-4H3. The molecule has 0 aliphatic heterocycles. The van der Waals surface area contributed by atoms with E-state index in [0.717, 1.165) is 29.7 Å². The van der Waals surface area contributed by atoms with Gasteiger partial charge in [0.25, 0.3) is 0 Å². The maximum Gasteiger partial charge on any atom is 0.339 e. The Morgan fingerprint density at radius 2 is 1.79 bits per heavy atom. The highest BCUT2D eigenvalue weighted by atomic mass is 35.5. The number of hydrogen-bond acceptors (Lipinski definition) is 3. The number of benzene rings is 2. The first kappa shape index (κ1) is 18.5. The van der Waals surface area contributed by atoms with Crippen molar-refractivity contribution < 1.29 is 9.53 Å². The summed E-state index contributed by atoms with van der Waals surface area (Å²) >= 11 is 5.97. The van der Waals surface area contributed by atoms with Crippen molar-refractivity contribution >= 4 is 17.6 Å². The maximum absolute atomic E-state index is 12.7. The van der Waals surface area contributed by atoms with Crippen molar-refractivity contribution in [1.29, 1.82) is 0 Å². The fourth-order valence-corrected chi connectivity index (χ4v) is 2.64. The lowest BCUT2D eigenvalue weighted by atomic mass is 10.0. The van der Waals surface area contributed by atoms with Gasteiger partial charge in [-0.2, -0.15) is 0 Å². The van der Waals surface area contributed by atoms with Crippen LogP contribution in [0.3, 0.4) is 0 Å². The van der Waals surface area contributed by atoms with Crippen LogP contribution in [-0.2, 0) is 4.74 Å². The van der Waals surface area contributed by atoms with Crippen molar-refractivity contribution in [3.8, 4) is 0 Å². The van der Waals surface area contributed by atoms with Gasteiger partial charge in [0.05, 0.1) is 5.56 Å². The Kier molecular flexibility index (Phi) is 6.41. The third-order valence-corrected chi connectivity index (χ3v) is 4.41. The minimum absolute atomic E-state index is 0.282. The summed E-state index contributed by atoms with van der Waals surface area (Å²) in [7, 11) is 4.01. The molecule has 0 heterocycles. The number of rotatable bonds is 6. The minimum atomic E-state index is -0.294. The summed E-state index contributed by atoms with van der Waals surface area (Å²) < 4.78 is 5.84. The van der Waals surface area contributed by atoms with E-state index in [2.05, 4.69) is 4.90 Å². The van der Waals surface area contributed by atoms with Crippen molar-refractivity contribution in [2.75, 3.05) is 20.6 Å². The summed E-state index contributed by atoms with van der Waals surface area (Å²) in [5, 5.41) is 0.672. The molecule has 1 unspecified atom stereocenters. The van der Waals surface area contributed by atoms with E-state index in [-0.39, 0.29) is 12.1 Å². The molecule has 0 spiro atoms. The molecule has 0 aromatic heterocycles. The Hall–Kier alpha value is -1.84. The molecular formula is C20H24ClNO2. The van der Waals surface area contributed by atoms with Crippen LogP contribution in [0.15, 0.2) is 42.5 Å². The van der Waals surface area contributed by atoms with Crippen molar-refractivity contribution in [2.45, 2.75) is 26.4 Å². The zero-order valence-electron chi connectivity index (χ0n) is 14.7. The summed E-state index contributed by atoms with van der Waals surface area (Å²) in [6.45, 7) is 4.77. The predicted octanol–water partition coefficient (Wildman–Crippen LogP) is 4.81. The molecule has 0 aliphatic rings. The number of esters is 1. The molecular weight excluding hydrogens is 322 g/mol. The summed E-state index contributed by atoms with van der Waals surface area (Å²) in [5.41, 5.74) is 3.63. The topological polar surface area (TPSA) is 29.5 Å². The van der Waals surface area contributed by atoms with E-state index < -0.39 is 0 Å². The summed E-state index contributed by atoms with van der Waals surface area (Å²) in [6, 6.07) is 13.2. The molecule has 0 bridgehead atoms. The van der Waals surface area contributed by atoms with Crippen LogP contribution in [0, 0.1) is 13.8 Å². The summed E-state index contributed by atoms with van der Waals surface area (Å²) in [4.78, 5) is 14.7. The van der Waals surface area contributed by atoms with Gasteiger partial charge in [-0.05, 0) is 62.8 Å². The molecule has 3 nitrogen and oxygen atoms in total. The SMILES string of the molecule is Cc1cccc(C(=O)OC(CCN(C)C)c2ccc(Cl)cc2)c1C. The number of halogens is 1. The molecule has 0 fully saturated rings. The zero-order chi connectivity index (χ0) is 17.7. The molecule has 0 aliphatic carbocycles. The van der Waals surface area contributed by atoms with Gasteiger partial charge in [-0.15, -0.1) is 0 Å². The van der Waals surface area contributed by atoms with E-state index >= 15 is 0 Å². The normalized spacial score (nSPS) is 12.2. The van der Waals surface area contributed by atoms with E-state index in [1.54, 1.807) is 0 Å². The van der Waals surface area contributed by atoms with Crippen LogP contribution in [0.1, 0.15) is 39.6 Å². The molecule has 1 atom stereocenters. The average molecular weight is 346 g/mol. The molecule has 24 heavy (non-hydrogen) atoms. The van der Waals surface area contributed by atoms with Gasteiger partial charge in [0.2, 0.25) is 0 Å². The Balaban J connectivity index is 2.22. The first-order valence-electron chi connectivity index (χ1n) is 8.06. The Morgan fingerprint density at radius 3 is 2.42 bits per heavy atom. The van der Waals surface area contributed by atoms with Crippen LogP contribution in [-0.4, -0.2) is 31.5 Å². The fraction of sp³-hybridized carbons (Fsp3) is 0.350. The van der Waals surface area contributed by atoms with Gasteiger partial charge in [-0.1, -0.05) is 35.9 Å². The fourth-order valence-electron chi connectivity index (χ4n) is 2.51. The highest BCUT2D eigenvalue weighted by Crippen LogP contribution is 2.25. The third kappa shape index (κ3) is 4.83. The minimum Gasteiger partial charge on any atom is -0.454 e. The van der Waals surface area contributed by atoms with Gasteiger partial charge in [0.1, 0.15) is 6.10 Å². The molecule has 2 aromatic carbocycles. The number of aryl methyl sites for hydroxylation is 1. The van der Waals surface area contributed by atoms with Gasteiger partial charge < -0.3 is 9.64 Å². The lowest BCUT2D eigenvalue weighted by Gasteiger charge is -2.21. The lowest BCUT2D eigenvalue weighted by molar-refractivity contribution is 0.0260. The molecule has 2 rings (SSSR count). The predicted molar refractivity (Wildman–Crippen MR) is 98.7 cm³/mol. The molecule has 0 saturated carbocycles. The summed E-state index contributed by atoms with van der Waals surface area (Å²) in [6.07, 6.45) is 0.433. The lowest BCUT2D eigenvalue weighted by Crippen LogP contribution is -2.20. The molecule has 2 aromatic rings. The Morgan fingerprint density at radius 1 is 1.12 bits per heavy atom. The number of hydrogen-bond donors (Lipinski definition) is 0. The van der Waals surface area contributed by atoms with Crippen LogP contribution >= 0.6 is 11.6 Å². The molecule has 4 heteroatoms. The van der Waals surface area contributed by atoms with E-state index in [0.29, 0.717) is 10.6 Å². The highest BCUT2D eigenvalue weighted by molar-refractivity contribution is 6.30. The summed E-state index contributed by atoms with van der Waals surface area (Å²) in [5.74, 6) is -0.282. The number of carbonyl (C=O) groups is 1. The van der Waals surface area contributed by atoms with Crippen LogP contribution in [0.5, 0.6) is 0 Å². The van der Waals surface area contributed by atoms with Gasteiger partial charge in [0.15, 0.2) is 0 Å². The monoisotopic (exact) mass is 345 g/mol. The van der Waals surface area contributed by atoms with E-state index in [1.165, 1.54) is 0 Å². The average Bonchev–Trinajstić information content (AvgIpc) is 2.54. The van der Waals surface area contributed by atoms with E-state index in [1.807, 2.05) is 70.4 Å². The van der Waals surface area contributed by atoms with Gasteiger partial charge in [0, 0.05) is 18.0 Å². The van der Waals surface area contributed by atoms with Gasteiger partial charge >= 0.3 is 5.97 Å². The maximum atomic E-state index is 12.7. The number of nitrogens with zero attached hydrogens (tertiary/aromatic N) is 1. The van der Waals surface area contributed by atoms with Gasteiger partial charge in [-0.25, -0.2) is 4.79 Å². The van der Waals surface area contributed by atoms with Crippen molar-refractivity contribution in [2.24, 2.45) is 0 Å². The first-order valence-corrected chi connectivity index (χ1v) is 8.43. The molecule has 0 saturated heterocycles. The van der Waals surface area contributed by atoms with Crippen LogP contribution < -0.4 is 0 Å². The van der Waals surface area contributed by atoms with Crippen molar-refractivity contribution in [1.82, 2.24) is 4.90 Å². The van der Waals surface area contributed by atoms with Crippen LogP contribution in [0.2, 0.25) is 5.02 Å². The molecule has 0 radical (unpaired) electrons. The second-order valence-corrected chi connectivity index (χ2v) is 6.72. The van der Waals surface area contributed by atoms with Crippen molar-refractivity contribution in [3.05, 3.63) is 69.7 Å². The van der Waals surface area contributed by atoms with E-state index in [4.69, 9.17) is 16.3 Å². The second kappa shape index (κ2) is 8.32. The smallest absolute Gasteiger partial charge is 0.339 e. The van der Waals surface area contributed by atoms with Gasteiger partial charge in [-0.3, -0.25) is 0 Å². The Labute approximate surface area is 149 Å². The molecule has 0 amide bonds. The third-order valence-electron chi connectivity index (χ3n) is 4.15. The van der Waals surface area contributed by atoms with E-state index in [9.17, 15) is 4.79 Å². The zero-order valence-corrected chi connectivity index (χ0v) is 15.4. The van der Waals surface area contributed by atoms with Crippen LogP contribution in [0.25, 0.3) is 0 Å². The second-order valence-electron chi connectivity index (χ2n) is 6.28. The molecule has 128 valence electrons. The first-order chi connectivity index (χ1) is 11.4. The number of ether oxygens (including phenoxy) is 1. The quantitative estimate of drug-likeness (QED) is 0.704. The highest BCUT2D eigenvalue weighted by Gasteiger charge is 2.20. The largest absolute Gasteiger partial charge is 0.454 e. The Bertz CT molecular complexity index is 695. The molecule has 0 N–H and O–H groups in total. The van der Waals surface area contributed by atoms with Crippen molar-refractivity contribution in [3.63, 3.8) is 0 Å². The number of carbonyl (C=O) groups excluding carboxylic acids is 1.